The molecule has 2 fully saturated rings. The van der Waals surface area contributed by atoms with Gasteiger partial charge in [0, 0.05) is 10.9 Å². The first-order valence-electron chi connectivity index (χ1n) is 7.90. The van der Waals surface area contributed by atoms with Gasteiger partial charge in [0.15, 0.2) is 0 Å². The maximum atomic E-state index is 9.67. The van der Waals surface area contributed by atoms with Gasteiger partial charge in [-0.05, 0) is 52.2 Å². The Balaban J connectivity index is 1.98. The molecule has 1 N–H and O–H groups in total. The van der Waals surface area contributed by atoms with E-state index in [2.05, 4.69) is 6.07 Å². The number of hydrogen-bond donors (Lipinski definition) is 1. The molecule has 0 amide bonds. The molecule has 1 aliphatic heterocycles. The van der Waals surface area contributed by atoms with Crippen LogP contribution in [0.25, 0.3) is 0 Å². The summed E-state index contributed by atoms with van der Waals surface area (Å²) in [5, 5.41) is 9.67. The van der Waals surface area contributed by atoms with E-state index in [1.165, 1.54) is 0 Å². The molecule has 0 aromatic heterocycles. The summed E-state index contributed by atoms with van der Waals surface area (Å²) in [5.74, 6) is 0.760. The Hall–Kier alpha value is -1.04. The lowest BCUT2D eigenvalue weighted by Crippen LogP contribution is -2.41. The summed E-state index contributed by atoms with van der Waals surface area (Å²) in [6.07, 6.45) is 2.05. The molecule has 0 unspecified atom stereocenters. The minimum absolute atomic E-state index is 0.0787. The fraction of sp³-hybridized carbons (Fsp3) is 0.647. The van der Waals surface area contributed by atoms with Gasteiger partial charge in [-0.25, -0.2) is 0 Å². The van der Waals surface area contributed by atoms with E-state index in [0.29, 0.717) is 0 Å². The van der Waals surface area contributed by atoms with Gasteiger partial charge in [0.1, 0.15) is 5.75 Å². The zero-order valence-electron chi connectivity index (χ0n) is 14.1. The molecule has 0 bridgehead atoms. The number of methoxy groups -OCH3 is 1. The lowest BCUT2D eigenvalue weighted by atomic mass is 9.76. The molecule has 0 radical (unpaired) electrons. The van der Waals surface area contributed by atoms with E-state index in [0.717, 1.165) is 29.6 Å². The molecule has 1 aromatic rings. The van der Waals surface area contributed by atoms with Crippen LogP contribution >= 0.6 is 0 Å². The van der Waals surface area contributed by atoms with Gasteiger partial charge in [0.2, 0.25) is 0 Å². The highest BCUT2D eigenvalue weighted by Crippen LogP contribution is 2.48. The Morgan fingerprint density at radius 2 is 1.73 bits per heavy atom. The minimum Gasteiger partial charge on any atom is -0.497 e. The van der Waals surface area contributed by atoms with Crippen molar-refractivity contribution in [2.75, 3.05) is 13.7 Å². The summed E-state index contributed by atoms with van der Waals surface area (Å²) in [4.78, 5) is 0. The van der Waals surface area contributed by atoms with Gasteiger partial charge in [0.05, 0.1) is 24.9 Å². The van der Waals surface area contributed by atoms with Crippen LogP contribution in [0, 0.1) is 0 Å². The maximum Gasteiger partial charge on any atom is 0.498 e. The molecule has 120 valence electrons. The van der Waals surface area contributed by atoms with E-state index in [4.69, 9.17) is 14.0 Å². The van der Waals surface area contributed by atoms with Crippen molar-refractivity contribution in [2.24, 2.45) is 0 Å². The van der Waals surface area contributed by atoms with Crippen molar-refractivity contribution in [3.63, 3.8) is 0 Å². The van der Waals surface area contributed by atoms with Gasteiger partial charge in [-0.2, -0.15) is 0 Å². The van der Waals surface area contributed by atoms with E-state index < -0.39 is 7.12 Å². The Bertz CT molecular complexity index is 562. The predicted octanol–water partition coefficient (Wildman–Crippen LogP) is 2.02. The van der Waals surface area contributed by atoms with Crippen molar-refractivity contribution in [3.05, 3.63) is 23.8 Å². The van der Waals surface area contributed by atoms with Crippen molar-refractivity contribution in [3.8, 4) is 5.75 Å². The number of benzene rings is 1. The predicted molar refractivity (Wildman–Crippen MR) is 86.7 cm³/mol. The largest absolute Gasteiger partial charge is 0.498 e. The Kier molecular flexibility index (Phi) is 3.59. The summed E-state index contributed by atoms with van der Waals surface area (Å²) in [6, 6.07) is 6.06. The van der Waals surface area contributed by atoms with Crippen LogP contribution in [-0.2, 0) is 14.7 Å². The van der Waals surface area contributed by atoms with E-state index in [-0.39, 0.29) is 23.2 Å². The van der Waals surface area contributed by atoms with Crippen molar-refractivity contribution < 1.29 is 19.2 Å². The first kappa shape index (κ1) is 15.8. The van der Waals surface area contributed by atoms with Crippen LogP contribution in [0.2, 0.25) is 0 Å². The number of aliphatic hydroxyl groups excluding tert-OH is 1. The van der Waals surface area contributed by atoms with E-state index >= 15 is 0 Å². The van der Waals surface area contributed by atoms with Gasteiger partial charge >= 0.3 is 7.12 Å². The highest BCUT2D eigenvalue weighted by Gasteiger charge is 2.53. The van der Waals surface area contributed by atoms with Gasteiger partial charge < -0.3 is 19.2 Å². The van der Waals surface area contributed by atoms with E-state index in [1.54, 1.807) is 7.11 Å². The molecule has 1 aromatic carbocycles. The van der Waals surface area contributed by atoms with Gasteiger partial charge in [-0.1, -0.05) is 12.1 Å². The van der Waals surface area contributed by atoms with Crippen LogP contribution in [0.3, 0.4) is 0 Å². The molecule has 4 nitrogen and oxygen atoms in total. The van der Waals surface area contributed by atoms with Crippen molar-refractivity contribution in [1.29, 1.82) is 0 Å². The average Bonchev–Trinajstić information content (AvgIpc) is 3.22. The summed E-state index contributed by atoms with van der Waals surface area (Å²) in [6.45, 7) is 8.35. The monoisotopic (exact) mass is 304 g/mol. The Morgan fingerprint density at radius 1 is 1.14 bits per heavy atom. The fourth-order valence-electron chi connectivity index (χ4n) is 2.91. The fourth-order valence-corrected chi connectivity index (χ4v) is 2.91. The molecule has 1 saturated carbocycles. The molecule has 1 saturated heterocycles. The summed E-state index contributed by atoms with van der Waals surface area (Å²) in [5.41, 5.74) is 1.20. The third-order valence-corrected chi connectivity index (χ3v) is 5.51. The normalized spacial score (nSPS) is 24.4. The summed E-state index contributed by atoms with van der Waals surface area (Å²) >= 11 is 0. The number of aliphatic hydroxyl groups is 1. The minimum atomic E-state index is -0.450. The quantitative estimate of drug-likeness (QED) is 0.865. The lowest BCUT2D eigenvalue weighted by Gasteiger charge is -2.32. The Morgan fingerprint density at radius 3 is 2.18 bits per heavy atom. The highest BCUT2D eigenvalue weighted by molar-refractivity contribution is 6.63. The van der Waals surface area contributed by atoms with Gasteiger partial charge in [0.25, 0.3) is 0 Å². The molecular formula is C17H25BO4. The summed E-state index contributed by atoms with van der Waals surface area (Å²) < 4.78 is 17.8. The van der Waals surface area contributed by atoms with Crippen LogP contribution in [0.15, 0.2) is 18.2 Å². The first-order chi connectivity index (χ1) is 10.2. The second kappa shape index (κ2) is 4.98. The molecule has 3 rings (SSSR count). The smallest absolute Gasteiger partial charge is 0.497 e. The molecule has 1 aliphatic carbocycles. The lowest BCUT2D eigenvalue weighted by molar-refractivity contribution is 0.00578. The number of ether oxygens (including phenoxy) is 1. The van der Waals surface area contributed by atoms with Crippen molar-refractivity contribution in [2.45, 2.75) is 57.2 Å². The van der Waals surface area contributed by atoms with E-state index in [9.17, 15) is 5.11 Å². The number of hydrogen-bond acceptors (Lipinski definition) is 4. The molecule has 22 heavy (non-hydrogen) atoms. The third kappa shape index (κ3) is 2.36. The highest BCUT2D eigenvalue weighted by atomic mass is 16.7. The van der Waals surface area contributed by atoms with E-state index in [1.807, 2.05) is 39.8 Å². The Labute approximate surface area is 132 Å². The topological polar surface area (TPSA) is 47.9 Å². The van der Waals surface area contributed by atoms with Crippen LogP contribution in [0.1, 0.15) is 46.1 Å². The standard InChI is InChI=1S/C17H25BO4/c1-15(2)16(3,4)22-18(21-15)13-10-12(6-7-14(13)20-5)17(11-19)8-9-17/h6-7,10,19H,8-9,11H2,1-5H3. The van der Waals surface area contributed by atoms with Crippen LogP contribution in [-0.4, -0.2) is 37.1 Å². The molecule has 2 aliphatic rings. The second-order valence-corrected chi connectivity index (χ2v) is 7.48. The maximum absolute atomic E-state index is 9.67. The zero-order valence-corrected chi connectivity index (χ0v) is 14.1. The average molecular weight is 304 g/mol. The van der Waals surface area contributed by atoms with Gasteiger partial charge in [-0.3, -0.25) is 0 Å². The van der Waals surface area contributed by atoms with Crippen LogP contribution in [0.5, 0.6) is 5.75 Å². The molecule has 1 heterocycles. The third-order valence-electron chi connectivity index (χ3n) is 5.51. The summed E-state index contributed by atoms with van der Waals surface area (Å²) in [7, 11) is 1.21. The number of rotatable bonds is 4. The second-order valence-electron chi connectivity index (χ2n) is 7.48. The van der Waals surface area contributed by atoms with Crippen LogP contribution < -0.4 is 10.2 Å². The molecule has 0 atom stereocenters. The molecule has 5 heteroatoms. The molecular weight excluding hydrogens is 279 g/mol. The zero-order chi connectivity index (χ0) is 16.2. The van der Waals surface area contributed by atoms with Crippen molar-refractivity contribution in [1.82, 2.24) is 0 Å². The van der Waals surface area contributed by atoms with Gasteiger partial charge in [-0.15, -0.1) is 0 Å². The molecule has 0 spiro atoms. The van der Waals surface area contributed by atoms with Crippen LogP contribution in [0.4, 0.5) is 0 Å². The van der Waals surface area contributed by atoms with Crippen molar-refractivity contribution >= 4 is 12.6 Å². The first-order valence-corrected chi connectivity index (χ1v) is 7.90. The SMILES string of the molecule is COc1ccc(C2(CO)CC2)cc1B1OC(C)(C)C(C)(C)O1.